The molecule has 1 aromatic carbocycles. The van der Waals surface area contributed by atoms with Crippen molar-refractivity contribution in [1.29, 1.82) is 0 Å². The first kappa shape index (κ1) is 11.3. The van der Waals surface area contributed by atoms with Gasteiger partial charge in [-0.3, -0.25) is 0 Å². The van der Waals surface area contributed by atoms with Crippen LogP contribution >= 0.6 is 0 Å². The second-order valence-corrected chi connectivity index (χ2v) is 4.82. The minimum absolute atomic E-state index is 0.436. The lowest BCUT2D eigenvalue weighted by atomic mass is 9.82. The predicted octanol–water partition coefficient (Wildman–Crippen LogP) is 4.23. The lowest BCUT2D eigenvalue weighted by Crippen LogP contribution is -2.14. The van der Waals surface area contributed by atoms with E-state index in [-0.39, 0.29) is 0 Å². The summed E-state index contributed by atoms with van der Waals surface area (Å²) >= 11 is 0. The number of benzene rings is 1. The van der Waals surface area contributed by atoms with E-state index in [9.17, 15) is 0 Å². The Morgan fingerprint density at radius 3 is 2.07 bits per heavy atom. The maximum Gasteiger partial charge on any atom is -0.0225 e. The molecule has 14 heavy (non-hydrogen) atoms. The zero-order chi connectivity index (χ0) is 10.6. The predicted molar refractivity (Wildman–Crippen MR) is 63.6 cm³/mol. The third kappa shape index (κ3) is 2.87. The summed E-state index contributed by atoms with van der Waals surface area (Å²) in [6, 6.07) is 8.82. The van der Waals surface area contributed by atoms with Gasteiger partial charge in [0.15, 0.2) is 0 Å². The molecule has 0 radical (unpaired) electrons. The largest absolute Gasteiger partial charge is 0.0649 e. The molecular formula is C14H22. The molecule has 0 heteroatoms. The molecule has 0 aromatic heterocycles. The first-order valence-electron chi connectivity index (χ1n) is 5.66. The van der Waals surface area contributed by atoms with Crippen LogP contribution in [0.5, 0.6) is 0 Å². The van der Waals surface area contributed by atoms with Crippen molar-refractivity contribution in [3.8, 4) is 0 Å². The number of hydrogen-bond donors (Lipinski definition) is 0. The van der Waals surface area contributed by atoms with E-state index in [1.165, 1.54) is 24.0 Å². The molecule has 0 heterocycles. The van der Waals surface area contributed by atoms with Crippen molar-refractivity contribution in [3.63, 3.8) is 0 Å². The molecule has 1 rings (SSSR count). The van der Waals surface area contributed by atoms with Crippen LogP contribution in [0.3, 0.4) is 0 Å². The SMILES string of the molecule is CCc1ccccc1CC(C)(C)CC. The molecule has 0 aliphatic heterocycles. The number of hydrogen-bond acceptors (Lipinski definition) is 0. The highest BCUT2D eigenvalue weighted by Gasteiger charge is 2.16. The summed E-state index contributed by atoms with van der Waals surface area (Å²) in [5.74, 6) is 0. The standard InChI is InChI=1S/C14H22/c1-5-12-9-7-8-10-13(12)11-14(3,4)6-2/h7-10H,5-6,11H2,1-4H3. The second-order valence-electron chi connectivity index (χ2n) is 4.82. The van der Waals surface area contributed by atoms with Gasteiger partial charge in [0.2, 0.25) is 0 Å². The molecule has 0 aliphatic carbocycles. The van der Waals surface area contributed by atoms with Crippen LogP contribution in [-0.4, -0.2) is 0 Å². The summed E-state index contributed by atoms with van der Waals surface area (Å²) in [5.41, 5.74) is 3.47. The zero-order valence-corrected chi connectivity index (χ0v) is 9.93. The summed E-state index contributed by atoms with van der Waals surface area (Å²) in [4.78, 5) is 0. The minimum Gasteiger partial charge on any atom is -0.0649 e. The fraction of sp³-hybridized carbons (Fsp3) is 0.571. The van der Waals surface area contributed by atoms with Gasteiger partial charge in [-0.15, -0.1) is 0 Å². The van der Waals surface area contributed by atoms with Crippen molar-refractivity contribution in [2.24, 2.45) is 5.41 Å². The van der Waals surface area contributed by atoms with Crippen LogP contribution < -0.4 is 0 Å². The van der Waals surface area contributed by atoms with E-state index in [4.69, 9.17) is 0 Å². The Morgan fingerprint density at radius 2 is 1.57 bits per heavy atom. The Morgan fingerprint density at radius 1 is 1.00 bits per heavy atom. The first-order valence-corrected chi connectivity index (χ1v) is 5.66. The average Bonchev–Trinajstić information content (AvgIpc) is 2.18. The van der Waals surface area contributed by atoms with Crippen molar-refractivity contribution < 1.29 is 0 Å². The van der Waals surface area contributed by atoms with Crippen LogP contribution in [0.15, 0.2) is 24.3 Å². The maximum absolute atomic E-state index is 2.35. The Hall–Kier alpha value is -0.780. The molecule has 78 valence electrons. The van der Waals surface area contributed by atoms with E-state index < -0.39 is 0 Å². The van der Waals surface area contributed by atoms with Gasteiger partial charge in [0, 0.05) is 0 Å². The molecule has 0 spiro atoms. The van der Waals surface area contributed by atoms with Gasteiger partial charge in [-0.2, -0.15) is 0 Å². The van der Waals surface area contributed by atoms with Crippen molar-refractivity contribution in [3.05, 3.63) is 35.4 Å². The Labute approximate surface area is 88.4 Å². The van der Waals surface area contributed by atoms with Gasteiger partial charge in [-0.05, 0) is 29.4 Å². The Bertz CT molecular complexity index is 284. The molecule has 0 unspecified atom stereocenters. The van der Waals surface area contributed by atoms with Crippen molar-refractivity contribution >= 4 is 0 Å². The van der Waals surface area contributed by atoms with Crippen molar-refractivity contribution in [1.82, 2.24) is 0 Å². The third-order valence-corrected chi connectivity index (χ3v) is 3.13. The summed E-state index contributed by atoms with van der Waals surface area (Å²) < 4.78 is 0. The van der Waals surface area contributed by atoms with Gasteiger partial charge in [0.1, 0.15) is 0 Å². The summed E-state index contributed by atoms with van der Waals surface area (Å²) in [7, 11) is 0. The lowest BCUT2D eigenvalue weighted by Gasteiger charge is -2.23. The van der Waals surface area contributed by atoms with Crippen LogP contribution in [0.1, 0.15) is 45.2 Å². The highest BCUT2D eigenvalue weighted by atomic mass is 14.2. The van der Waals surface area contributed by atoms with E-state index in [0.717, 1.165) is 6.42 Å². The molecule has 0 atom stereocenters. The Balaban J connectivity index is 2.85. The van der Waals surface area contributed by atoms with Gasteiger partial charge < -0.3 is 0 Å². The third-order valence-electron chi connectivity index (χ3n) is 3.13. The van der Waals surface area contributed by atoms with E-state index in [1.807, 2.05) is 0 Å². The van der Waals surface area contributed by atoms with E-state index in [1.54, 1.807) is 0 Å². The molecule has 0 nitrogen and oxygen atoms in total. The van der Waals surface area contributed by atoms with Crippen LogP contribution in [0.25, 0.3) is 0 Å². The normalized spacial score (nSPS) is 11.7. The van der Waals surface area contributed by atoms with Crippen LogP contribution in [0, 0.1) is 5.41 Å². The Kier molecular flexibility index (Phi) is 3.74. The molecule has 0 fully saturated rings. The fourth-order valence-electron chi connectivity index (χ4n) is 1.72. The molecule has 0 N–H and O–H groups in total. The quantitative estimate of drug-likeness (QED) is 0.666. The average molecular weight is 190 g/mol. The topological polar surface area (TPSA) is 0 Å². The molecule has 0 bridgehead atoms. The highest BCUT2D eigenvalue weighted by Crippen LogP contribution is 2.27. The van der Waals surface area contributed by atoms with Gasteiger partial charge in [-0.25, -0.2) is 0 Å². The highest BCUT2D eigenvalue weighted by molar-refractivity contribution is 5.27. The molecule has 0 saturated carbocycles. The summed E-state index contributed by atoms with van der Waals surface area (Å²) in [5, 5.41) is 0. The van der Waals surface area contributed by atoms with Crippen molar-refractivity contribution in [2.75, 3.05) is 0 Å². The van der Waals surface area contributed by atoms with E-state index in [0.29, 0.717) is 5.41 Å². The van der Waals surface area contributed by atoms with Crippen LogP contribution in [0.4, 0.5) is 0 Å². The van der Waals surface area contributed by atoms with Gasteiger partial charge in [-0.1, -0.05) is 58.4 Å². The number of rotatable bonds is 4. The fourth-order valence-corrected chi connectivity index (χ4v) is 1.72. The lowest BCUT2D eigenvalue weighted by molar-refractivity contribution is 0.348. The smallest absolute Gasteiger partial charge is 0.0225 e. The van der Waals surface area contributed by atoms with Gasteiger partial charge in [0.05, 0.1) is 0 Å². The van der Waals surface area contributed by atoms with Crippen LogP contribution in [0.2, 0.25) is 0 Å². The second kappa shape index (κ2) is 4.63. The molecule has 0 aliphatic rings. The van der Waals surface area contributed by atoms with E-state index in [2.05, 4.69) is 52.0 Å². The molecule has 1 aromatic rings. The summed E-state index contributed by atoms with van der Waals surface area (Å²) in [6.07, 6.45) is 3.59. The van der Waals surface area contributed by atoms with Crippen LogP contribution in [-0.2, 0) is 12.8 Å². The monoisotopic (exact) mass is 190 g/mol. The first-order chi connectivity index (χ1) is 6.59. The summed E-state index contributed by atoms with van der Waals surface area (Å²) in [6.45, 7) is 9.20. The zero-order valence-electron chi connectivity index (χ0n) is 9.93. The maximum atomic E-state index is 2.35. The number of aryl methyl sites for hydroxylation is 1. The van der Waals surface area contributed by atoms with Gasteiger partial charge >= 0.3 is 0 Å². The molecule has 0 amide bonds. The minimum atomic E-state index is 0.436. The van der Waals surface area contributed by atoms with Gasteiger partial charge in [0.25, 0.3) is 0 Å². The van der Waals surface area contributed by atoms with E-state index >= 15 is 0 Å². The van der Waals surface area contributed by atoms with Crippen molar-refractivity contribution in [2.45, 2.75) is 47.0 Å². The molecule has 0 saturated heterocycles. The molecular weight excluding hydrogens is 168 g/mol.